The number of carbonyl (C=O) groups excluding carboxylic acids is 1. The summed E-state index contributed by atoms with van der Waals surface area (Å²) in [5, 5.41) is 15.4. The molecule has 88 valence electrons. The Balaban J connectivity index is 3.08. The van der Waals surface area contributed by atoms with Crippen LogP contribution in [-0.2, 0) is 7.05 Å². The second-order valence-electron chi connectivity index (χ2n) is 4.54. The molecule has 0 bridgehead atoms. The molecule has 0 radical (unpaired) electrons. The largest absolute Gasteiger partial charge is 0.478 e. The topological polar surface area (TPSA) is 84.2 Å². The average molecular weight is 225 g/mol. The van der Waals surface area contributed by atoms with Gasteiger partial charge in [-0.2, -0.15) is 5.10 Å². The molecule has 0 aliphatic rings. The van der Waals surface area contributed by atoms with Gasteiger partial charge in [-0.15, -0.1) is 0 Å². The quantitative estimate of drug-likeness (QED) is 0.773. The number of carboxylic acid groups (broad SMARTS) is 1. The van der Waals surface area contributed by atoms with Crippen molar-refractivity contribution in [2.24, 2.45) is 7.05 Å². The molecule has 1 rings (SSSR count). The summed E-state index contributed by atoms with van der Waals surface area (Å²) in [6.07, 6.45) is 1.17. The molecule has 0 aliphatic heterocycles. The Morgan fingerprint density at radius 3 is 2.44 bits per heavy atom. The Bertz CT molecular complexity index is 429. The predicted octanol–water partition coefficient (Wildman–Crippen LogP) is 0.647. The third-order valence-electron chi connectivity index (χ3n) is 1.87. The fourth-order valence-corrected chi connectivity index (χ4v) is 1.26. The monoisotopic (exact) mass is 225 g/mol. The van der Waals surface area contributed by atoms with Gasteiger partial charge in [0.2, 0.25) is 0 Å². The van der Waals surface area contributed by atoms with Gasteiger partial charge in [0.05, 0.1) is 6.20 Å². The van der Waals surface area contributed by atoms with Crippen LogP contribution in [0, 0.1) is 0 Å². The van der Waals surface area contributed by atoms with Crippen LogP contribution >= 0.6 is 0 Å². The van der Waals surface area contributed by atoms with Crippen molar-refractivity contribution in [2.75, 3.05) is 0 Å². The van der Waals surface area contributed by atoms with E-state index in [4.69, 9.17) is 5.11 Å². The van der Waals surface area contributed by atoms with Crippen LogP contribution in [0.5, 0.6) is 0 Å². The molecular weight excluding hydrogens is 210 g/mol. The van der Waals surface area contributed by atoms with Gasteiger partial charge in [-0.1, -0.05) is 0 Å². The number of nitrogens with one attached hydrogen (secondary N) is 1. The van der Waals surface area contributed by atoms with E-state index in [-0.39, 0.29) is 11.3 Å². The van der Waals surface area contributed by atoms with Crippen LogP contribution in [0.25, 0.3) is 0 Å². The fourth-order valence-electron chi connectivity index (χ4n) is 1.26. The summed E-state index contributed by atoms with van der Waals surface area (Å²) in [7, 11) is 1.53. The Labute approximate surface area is 93.3 Å². The second-order valence-corrected chi connectivity index (χ2v) is 4.54. The van der Waals surface area contributed by atoms with E-state index in [0.717, 1.165) is 0 Å². The summed E-state index contributed by atoms with van der Waals surface area (Å²) in [4.78, 5) is 22.7. The fraction of sp³-hybridized carbons (Fsp3) is 0.500. The first kappa shape index (κ1) is 12.2. The summed E-state index contributed by atoms with van der Waals surface area (Å²) in [5.74, 6) is -1.60. The maximum atomic E-state index is 11.8. The highest BCUT2D eigenvalue weighted by Gasteiger charge is 2.24. The molecule has 0 unspecified atom stereocenters. The highest BCUT2D eigenvalue weighted by Crippen LogP contribution is 2.09. The first-order chi connectivity index (χ1) is 7.22. The SMILES string of the molecule is Cn1ncc(C(=O)O)c1C(=O)NC(C)(C)C. The molecule has 0 spiro atoms. The van der Waals surface area contributed by atoms with Crippen LogP contribution in [0.2, 0.25) is 0 Å². The third kappa shape index (κ3) is 2.59. The Morgan fingerprint density at radius 2 is 2.00 bits per heavy atom. The maximum Gasteiger partial charge on any atom is 0.339 e. The number of hydrogen-bond acceptors (Lipinski definition) is 3. The van der Waals surface area contributed by atoms with E-state index in [2.05, 4.69) is 10.4 Å². The normalized spacial score (nSPS) is 11.2. The van der Waals surface area contributed by atoms with Gasteiger partial charge < -0.3 is 10.4 Å². The highest BCUT2D eigenvalue weighted by atomic mass is 16.4. The smallest absolute Gasteiger partial charge is 0.339 e. The highest BCUT2D eigenvalue weighted by molar-refractivity contribution is 6.03. The van der Waals surface area contributed by atoms with Crippen LogP contribution in [0.1, 0.15) is 41.6 Å². The Hall–Kier alpha value is -1.85. The zero-order valence-corrected chi connectivity index (χ0v) is 9.74. The number of hydrogen-bond donors (Lipinski definition) is 2. The van der Waals surface area contributed by atoms with E-state index in [1.165, 1.54) is 17.9 Å². The predicted molar refractivity (Wildman–Crippen MR) is 57.4 cm³/mol. The minimum atomic E-state index is -1.16. The zero-order chi connectivity index (χ0) is 12.5. The first-order valence-electron chi connectivity index (χ1n) is 4.80. The van der Waals surface area contributed by atoms with Crippen molar-refractivity contribution in [2.45, 2.75) is 26.3 Å². The summed E-state index contributed by atoms with van der Waals surface area (Å²) < 4.78 is 1.25. The van der Waals surface area contributed by atoms with Gasteiger partial charge in [-0.05, 0) is 20.8 Å². The first-order valence-corrected chi connectivity index (χ1v) is 4.80. The lowest BCUT2D eigenvalue weighted by Crippen LogP contribution is -2.41. The number of aromatic carboxylic acids is 1. The number of carbonyl (C=O) groups is 2. The van der Waals surface area contributed by atoms with Gasteiger partial charge in [-0.3, -0.25) is 9.48 Å². The van der Waals surface area contributed by atoms with E-state index in [0.29, 0.717) is 0 Å². The van der Waals surface area contributed by atoms with Crippen LogP contribution < -0.4 is 5.32 Å². The summed E-state index contributed by atoms with van der Waals surface area (Å²) in [5.41, 5.74) is -0.455. The molecular formula is C10H15N3O3. The molecule has 1 aromatic heterocycles. The second kappa shape index (κ2) is 3.96. The van der Waals surface area contributed by atoms with E-state index < -0.39 is 17.4 Å². The summed E-state index contributed by atoms with van der Waals surface area (Å²) in [6.45, 7) is 5.46. The van der Waals surface area contributed by atoms with Crippen molar-refractivity contribution >= 4 is 11.9 Å². The molecule has 1 heterocycles. The molecule has 1 amide bonds. The lowest BCUT2D eigenvalue weighted by molar-refractivity contribution is 0.0689. The number of amides is 1. The number of aromatic nitrogens is 2. The van der Waals surface area contributed by atoms with Gasteiger partial charge in [0.1, 0.15) is 11.3 Å². The molecule has 0 fully saturated rings. The van der Waals surface area contributed by atoms with E-state index in [9.17, 15) is 9.59 Å². The van der Waals surface area contributed by atoms with Gasteiger partial charge in [-0.25, -0.2) is 4.79 Å². The standard InChI is InChI=1S/C10H15N3O3/c1-10(2,3)12-8(14)7-6(9(15)16)5-11-13(7)4/h5H,1-4H3,(H,12,14)(H,15,16). The van der Waals surface area contributed by atoms with Crippen molar-refractivity contribution in [3.63, 3.8) is 0 Å². The van der Waals surface area contributed by atoms with Gasteiger partial charge in [0, 0.05) is 12.6 Å². The lowest BCUT2D eigenvalue weighted by Gasteiger charge is -2.20. The Morgan fingerprint density at radius 1 is 1.44 bits per heavy atom. The molecule has 1 aromatic rings. The molecule has 0 saturated heterocycles. The van der Waals surface area contributed by atoms with E-state index in [1.807, 2.05) is 20.8 Å². The summed E-state index contributed by atoms with van der Waals surface area (Å²) in [6, 6.07) is 0. The minimum Gasteiger partial charge on any atom is -0.478 e. The zero-order valence-electron chi connectivity index (χ0n) is 9.74. The third-order valence-corrected chi connectivity index (χ3v) is 1.87. The van der Waals surface area contributed by atoms with Crippen molar-refractivity contribution in [3.05, 3.63) is 17.5 Å². The van der Waals surface area contributed by atoms with Crippen LogP contribution in [0.4, 0.5) is 0 Å². The average Bonchev–Trinajstić information content (AvgIpc) is 2.43. The van der Waals surface area contributed by atoms with E-state index in [1.54, 1.807) is 0 Å². The number of rotatable bonds is 2. The number of aryl methyl sites for hydroxylation is 1. The molecule has 0 aliphatic carbocycles. The van der Waals surface area contributed by atoms with Crippen LogP contribution in [0.3, 0.4) is 0 Å². The van der Waals surface area contributed by atoms with Crippen LogP contribution in [0.15, 0.2) is 6.20 Å². The molecule has 0 atom stereocenters. The van der Waals surface area contributed by atoms with Crippen molar-refractivity contribution in [1.82, 2.24) is 15.1 Å². The number of carboxylic acids is 1. The van der Waals surface area contributed by atoms with Gasteiger partial charge in [0.15, 0.2) is 0 Å². The Kier molecular flexibility index (Phi) is 3.02. The van der Waals surface area contributed by atoms with E-state index >= 15 is 0 Å². The lowest BCUT2D eigenvalue weighted by atomic mass is 10.1. The van der Waals surface area contributed by atoms with Crippen molar-refractivity contribution in [1.29, 1.82) is 0 Å². The number of nitrogens with zero attached hydrogens (tertiary/aromatic N) is 2. The van der Waals surface area contributed by atoms with Crippen molar-refractivity contribution < 1.29 is 14.7 Å². The molecule has 0 aromatic carbocycles. The maximum absolute atomic E-state index is 11.8. The summed E-state index contributed by atoms with van der Waals surface area (Å²) >= 11 is 0. The molecule has 16 heavy (non-hydrogen) atoms. The van der Waals surface area contributed by atoms with Crippen LogP contribution in [-0.4, -0.2) is 32.3 Å². The van der Waals surface area contributed by atoms with Gasteiger partial charge >= 0.3 is 5.97 Å². The molecule has 2 N–H and O–H groups in total. The molecule has 0 saturated carbocycles. The molecule has 6 nitrogen and oxygen atoms in total. The van der Waals surface area contributed by atoms with Gasteiger partial charge in [0.25, 0.3) is 5.91 Å². The molecule has 6 heteroatoms. The minimum absolute atomic E-state index is 0.0578. The van der Waals surface area contributed by atoms with Crippen molar-refractivity contribution in [3.8, 4) is 0 Å².